The summed E-state index contributed by atoms with van der Waals surface area (Å²) in [6, 6.07) is 0. The number of rotatable bonds is 9. The Balaban J connectivity index is 3.18. The van der Waals surface area contributed by atoms with Crippen LogP contribution in [0.4, 0.5) is 0 Å². The van der Waals surface area contributed by atoms with Gasteiger partial charge in [0.25, 0.3) is 0 Å². The molecule has 0 saturated heterocycles. The van der Waals surface area contributed by atoms with Gasteiger partial charge in [0.1, 0.15) is 0 Å². The Morgan fingerprint density at radius 2 is 1.89 bits per heavy atom. The predicted octanol–water partition coefficient (Wildman–Crippen LogP) is 4.25. The summed E-state index contributed by atoms with van der Waals surface area (Å²) < 4.78 is 4.86. The highest BCUT2D eigenvalue weighted by Crippen LogP contribution is 2.05. The summed E-state index contributed by atoms with van der Waals surface area (Å²) in [5.74, 6) is 6.03. The number of hydrogen-bond donors (Lipinski definition) is 0. The molecule has 0 saturated carbocycles. The van der Waals surface area contributed by atoms with E-state index in [1.807, 2.05) is 6.08 Å². The standard InChI is InChI=1S/C16H26O2/c1-3-4-5-6-7-8-9-10-11-12-13-14-15-18-16(2)17/h5-6H,3-4,9-15H2,1-2H3/b6-5-. The van der Waals surface area contributed by atoms with Crippen molar-refractivity contribution in [1.82, 2.24) is 0 Å². The van der Waals surface area contributed by atoms with Crippen molar-refractivity contribution in [3.8, 4) is 11.8 Å². The van der Waals surface area contributed by atoms with Crippen molar-refractivity contribution in [2.45, 2.75) is 65.2 Å². The van der Waals surface area contributed by atoms with E-state index in [1.165, 1.54) is 32.6 Å². The molecule has 0 atom stereocenters. The first-order chi connectivity index (χ1) is 8.77. The van der Waals surface area contributed by atoms with Crippen molar-refractivity contribution in [2.75, 3.05) is 6.61 Å². The molecule has 0 bridgehead atoms. The summed E-state index contributed by atoms with van der Waals surface area (Å²) in [4.78, 5) is 10.5. The van der Waals surface area contributed by atoms with Crippen LogP contribution in [0.2, 0.25) is 0 Å². The third-order valence-electron chi connectivity index (χ3n) is 2.51. The van der Waals surface area contributed by atoms with E-state index >= 15 is 0 Å². The molecule has 0 N–H and O–H groups in total. The van der Waals surface area contributed by atoms with Crippen molar-refractivity contribution in [2.24, 2.45) is 0 Å². The molecule has 0 aliphatic heterocycles. The average molecular weight is 250 g/mol. The van der Waals surface area contributed by atoms with Gasteiger partial charge >= 0.3 is 5.97 Å². The van der Waals surface area contributed by atoms with Gasteiger partial charge in [-0.05, 0) is 25.3 Å². The number of carbonyl (C=O) groups excluding carboxylic acids is 1. The van der Waals surface area contributed by atoms with Crippen molar-refractivity contribution < 1.29 is 9.53 Å². The van der Waals surface area contributed by atoms with Gasteiger partial charge in [-0.2, -0.15) is 0 Å². The van der Waals surface area contributed by atoms with E-state index in [2.05, 4.69) is 24.8 Å². The molecule has 18 heavy (non-hydrogen) atoms. The maximum atomic E-state index is 10.5. The van der Waals surface area contributed by atoms with Gasteiger partial charge in [-0.1, -0.05) is 50.5 Å². The predicted molar refractivity (Wildman–Crippen MR) is 76.2 cm³/mol. The van der Waals surface area contributed by atoms with E-state index in [1.54, 1.807) is 0 Å². The normalized spacial score (nSPS) is 10.1. The number of allylic oxidation sites excluding steroid dienone is 2. The molecule has 0 aromatic heterocycles. The first-order valence-electron chi connectivity index (χ1n) is 7.04. The SMILES string of the molecule is CCC/C=C\C#CCCCCCCCOC(C)=O. The second kappa shape index (κ2) is 13.8. The van der Waals surface area contributed by atoms with Crippen LogP contribution in [-0.2, 0) is 9.53 Å². The number of esters is 1. The lowest BCUT2D eigenvalue weighted by Crippen LogP contribution is -1.99. The van der Waals surface area contributed by atoms with Crippen molar-refractivity contribution >= 4 is 5.97 Å². The molecule has 0 aromatic carbocycles. The molecule has 2 heteroatoms. The highest BCUT2D eigenvalue weighted by atomic mass is 16.5. The van der Waals surface area contributed by atoms with Crippen LogP contribution in [0.1, 0.15) is 65.2 Å². The first-order valence-corrected chi connectivity index (χ1v) is 7.04. The van der Waals surface area contributed by atoms with Crippen molar-refractivity contribution in [3.05, 3.63) is 12.2 Å². The second-order valence-electron chi connectivity index (χ2n) is 4.37. The van der Waals surface area contributed by atoms with E-state index in [0.29, 0.717) is 6.61 Å². The van der Waals surface area contributed by atoms with Gasteiger partial charge in [0.15, 0.2) is 0 Å². The fourth-order valence-corrected chi connectivity index (χ4v) is 1.50. The van der Waals surface area contributed by atoms with E-state index in [0.717, 1.165) is 25.7 Å². The van der Waals surface area contributed by atoms with Crippen LogP contribution in [0.25, 0.3) is 0 Å². The summed E-state index contributed by atoms with van der Waals surface area (Å²) in [6.45, 7) is 4.18. The largest absolute Gasteiger partial charge is 0.466 e. The fourth-order valence-electron chi connectivity index (χ4n) is 1.50. The first kappa shape index (κ1) is 16.8. The third kappa shape index (κ3) is 14.8. The van der Waals surface area contributed by atoms with Crippen LogP contribution in [0.15, 0.2) is 12.2 Å². The molecule has 0 radical (unpaired) electrons. The minimum atomic E-state index is -0.179. The molecular formula is C16H26O2. The molecule has 0 fully saturated rings. The molecule has 0 heterocycles. The van der Waals surface area contributed by atoms with Crippen LogP contribution in [0.3, 0.4) is 0 Å². The van der Waals surface area contributed by atoms with Gasteiger partial charge in [0.05, 0.1) is 6.61 Å². The molecule has 0 aliphatic rings. The van der Waals surface area contributed by atoms with Crippen LogP contribution in [0, 0.1) is 11.8 Å². The molecular weight excluding hydrogens is 224 g/mol. The quantitative estimate of drug-likeness (QED) is 0.347. The fraction of sp³-hybridized carbons (Fsp3) is 0.688. The van der Waals surface area contributed by atoms with Crippen molar-refractivity contribution in [3.63, 3.8) is 0 Å². The molecule has 0 rings (SSSR count). The summed E-state index contributed by atoms with van der Waals surface area (Å²) in [6.07, 6.45) is 13.1. The van der Waals surface area contributed by atoms with E-state index < -0.39 is 0 Å². The average Bonchev–Trinajstić information content (AvgIpc) is 2.34. The highest BCUT2D eigenvalue weighted by Gasteiger charge is 1.93. The lowest BCUT2D eigenvalue weighted by Gasteiger charge is -2.01. The van der Waals surface area contributed by atoms with Gasteiger partial charge in [-0.3, -0.25) is 4.79 Å². The lowest BCUT2D eigenvalue weighted by atomic mass is 10.1. The van der Waals surface area contributed by atoms with Gasteiger partial charge in [0.2, 0.25) is 0 Å². The zero-order chi connectivity index (χ0) is 13.5. The number of ether oxygens (including phenoxy) is 1. The van der Waals surface area contributed by atoms with Crippen LogP contribution in [-0.4, -0.2) is 12.6 Å². The molecule has 0 amide bonds. The summed E-state index contributed by atoms with van der Waals surface area (Å²) in [5, 5.41) is 0. The van der Waals surface area contributed by atoms with E-state index in [-0.39, 0.29) is 5.97 Å². The maximum absolute atomic E-state index is 10.5. The lowest BCUT2D eigenvalue weighted by molar-refractivity contribution is -0.141. The number of unbranched alkanes of at least 4 members (excludes halogenated alkanes) is 6. The van der Waals surface area contributed by atoms with E-state index in [4.69, 9.17) is 4.74 Å². The molecule has 2 nitrogen and oxygen atoms in total. The molecule has 0 unspecified atom stereocenters. The Labute approximate surface area is 112 Å². The molecule has 0 aromatic rings. The second-order valence-corrected chi connectivity index (χ2v) is 4.37. The Morgan fingerprint density at radius 3 is 2.61 bits per heavy atom. The smallest absolute Gasteiger partial charge is 0.302 e. The Kier molecular flexibility index (Phi) is 12.9. The van der Waals surface area contributed by atoms with Crippen LogP contribution < -0.4 is 0 Å². The number of hydrogen-bond acceptors (Lipinski definition) is 2. The zero-order valence-corrected chi connectivity index (χ0v) is 11.8. The topological polar surface area (TPSA) is 26.3 Å². The van der Waals surface area contributed by atoms with E-state index in [9.17, 15) is 4.79 Å². The summed E-state index contributed by atoms with van der Waals surface area (Å²) in [7, 11) is 0. The van der Waals surface area contributed by atoms with Gasteiger partial charge in [-0.25, -0.2) is 0 Å². The summed E-state index contributed by atoms with van der Waals surface area (Å²) in [5.41, 5.74) is 0. The van der Waals surface area contributed by atoms with Gasteiger partial charge in [-0.15, -0.1) is 0 Å². The van der Waals surface area contributed by atoms with Gasteiger partial charge < -0.3 is 4.74 Å². The Morgan fingerprint density at radius 1 is 1.17 bits per heavy atom. The molecule has 0 spiro atoms. The molecule has 0 aliphatic carbocycles. The number of carbonyl (C=O) groups is 1. The Bertz CT molecular complexity index is 281. The van der Waals surface area contributed by atoms with Crippen molar-refractivity contribution in [1.29, 1.82) is 0 Å². The van der Waals surface area contributed by atoms with Gasteiger partial charge in [0, 0.05) is 13.3 Å². The van der Waals surface area contributed by atoms with Crippen LogP contribution in [0.5, 0.6) is 0 Å². The Hall–Kier alpha value is -1.23. The minimum Gasteiger partial charge on any atom is -0.466 e. The minimum absolute atomic E-state index is 0.179. The van der Waals surface area contributed by atoms with Crippen LogP contribution >= 0.6 is 0 Å². The maximum Gasteiger partial charge on any atom is 0.302 e. The summed E-state index contributed by atoms with van der Waals surface area (Å²) >= 11 is 0. The highest BCUT2D eigenvalue weighted by molar-refractivity contribution is 5.65. The zero-order valence-electron chi connectivity index (χ0n) is 11.8. The third-order valence-corrected chi connectivity index (χ3v) is 2.51. The molecule has 102 valence electrons. The monoisotopic (exact) mass is 250 g/mol.